The summed E-state index contributed by atoms with van der Waals surface area (Å²) in [6.07, 6.45) is -0.0670. The molecule has 0 unspecified atom stereocenters. The normalized spacial score (nSPS) is 13.7. The molecule has 0 radical (unpaired) electrons. The average Bonchev–Trinajstić information content (AvgIpc) is 3.27. The highest BCUT2D eigenvalue weighted by Crippen LogP contribution is 2.20. The number of fused-ring (bicyclic) bond motifs is 1. The maximum atomic E-state index is 13.9. The lowest BCUT2D eigenvalue weighted by atomic mass is 10.2. The van der Waals surface area contributed by atoms with E-state index in [2.05, 4.69) is 15.5 Å². The van der Waals surface area contributed by atoms with E-state index in [0.29, 0.717) is 37.3 Å². The van der Waals surface area contributed by atoms with E-state index >= 15 is 0 Å². The van der Waals surface area contributed by atoms with Crippen LogP contribution in [0.4, 0.5) is 10.1 Å². The first kappa shape index (κ1) is 22.3. The molecule has 1 aliphatic heterocycles. The maximum absolute atomic E-state index is 13.9. The number of esters is 1. The Kier molecular flexibility index (Phi) is 6.82. The van der Waals surface area contributed by atoms with E-state index in [-0.39, 0.29) is 37.0 Å². The predicted octanol–water partition coefficient (Wildman–Crippen LogP) is 1.71. The van der Waals surface area contributed by atoms with Crippen molar-refractivity contribution >= 4 is 34.4 Å². The van der Waals surface area contributed by atoms with Gasteiger partial charge in [0.1, 0.15) is 5.82 Å². The van der Waals surface area contributed by atoms with Crippen molar-refractivity contribution in [3.05, 3.63) is 60.0 Å². The molecule has 0 saturated carbocycles. The number of piperazine rings is 1. The molecule has 1 fully saturated rings. The summed E-state index contributed by atoms with van der Waals surface area (Å²) in [5, 5.41) is 10.1. The van der Waals surface area contributed by atoms with Gasteiger partial charge in [-0.25, -0.2) is 4.39 Å². The zero-order chi connectivity index (χ0) is 23.2. The van der Waals surface area contributed by atoms with Crippen LogP contribution < -0.4 is 10.2 Å². The van der Waals surface area contributed by atoms with Crippen molar-refractivity contribution < 1.29 is 23.5 Å². The first-order valence-corrected chi connectivity index (χ1v) is 10.7. The minimum atomic E-state index is -0.583. The Balaban J connectivity index is 1.16. The Bertz CT molecular complexity index is 1160. The molecule has 4 rings (SSSR count). The number of halogens is 1. The van der Waals surface area contributed by atoms with E-state index in [1.54, 1.807) is 29.2 Å². The lowest BCUT2D eigenvalue weighted by Gasteiger charge is -2.36. The van der Waals surface area contributed by atoms with E-state index < -0.39 is 11.9 Å². The summed E-state index contributed by atoms with van der Waals surface area (Å²) in [5.41, 5.74) is 1.51. The van der Waals surface area contributed by atoms with Crippen molar-refractivity contribution in [1.29, 1.82) is 0 Å². The zero-order valence-electron chi connectivity index (χ0n) is 17.9. The van der Waals surface area contributed by atoms with Crippen molar-refractivity contribution in [3.63, 3.8) is 0 Å². The number of para-hydroxylation sites is 2. The number of hydrogen-bond acceptors (Lipinski definition) is 6. The molecule has 2 heterocycles. The van der Waals surface area contributed by atoms with E-state index in [4.69, 9.17) is 4.74 Å². The number of benzene rings is 2. The highest BCUT2D eigenvalue weighted by atomic mass is 19.1. The summed E-state index contributed by atoms with van der Waals surface area (Å²) < 4.78 is 19.0. The average molecular weight is 453 g/mol. The highest BCUT2D eigenvalue weighted by Gasteiger charge is 2.23. The van der Waals surface area contributed by atoms with Gasteiger partial charge in [0.2, 0.25) is 0 Å². The van der Waals surface area contributed by atoms with Gasteiger partial charge >= 0.3 is 5.97 Å². The van der Waals surface area contributed by atoms with Crippen LogP contribution in [0.2, 0.25) is 0 Å². The van der Waals surface area contributed by atoms with E-state index in [1.165, 1.54) is 6.07 Å². The largest absolute Gasteiger partial charge is 0.456 e. The number of rotatable bonds is 7. The van der Waals surface area contributed by atoms with Crippen LogP contribution in [-0.2, 0) is 14.3 Å². The molecule has 1 aromatic heterocycles. The fourth-order valence-corrected chi connectivity index (χ4v) is 3.71. The van der Waals surface area contributed by atoms with Gasteiger partial charge in [-0.1, -0.05) is 30.3 Å². The summed E-state index contributed by atoms with van der Waals surface area (Å²) in [4.78, 5) is 40.1. The van der Waals surface area contributed by atoms with Crippen molar-refractivity contribution in [1.82, 2.24) is 20.4 Å². The molecular weight excluding hydrogens is 429 g/mol. The van der Waals surface area contributed by atoms with Crippen molar-refractivity contribution in [2.75, 3.05) is 44.2 Å². The summed E-state index contributed by atoms with van der Waals surface area (Å²) in [6.45, 7) is 1.52. The van der Waals surface area contributed by atoms with Crippen LogP contribution in [0, 0.1) is 5.82 Å². The number of nitrogens with zero attached hydrogens (tertiary/aromatic N) is 3. The minimum Gasteiger partial charge on any atom is -0.456 e. The Morgan fingerprint density at radius 3 is 2.55 bits per heavy atom. The van der Waals surface area contributed by atoms with Crippen LogP contribution >= 0.6 is 0 Å². The fraction of sp³-hybridized carbons (Fsp3) is 0.304. The van der Waals surface area contributed by atoms with E-state index in [9.17, 15) is 18.8 Å². The SMILES string of the molecule is O=C(CCNC(=O)c1n[nH]c2ccccc12)OCC(=O)N1CCN(c2ccccc2F)CC1. The van der Waals surface area contributed by atoms with Crippen molar-refractivity contribution in [2.45, 2.75) is 6.42 Å². The predicted molar refractivity (Wildman–Crippen MR) is 119 cm³/mol. The lowest BCUT2D eigenvalue weighted by molar-refractivity contribution is -0.152. The minimum absolute atomic E-state index is 0.0638. The Hall–Kier alpha value is -3.95. The van der Waals surface area contributed by atoms with Gasteiger partial charge in [0.25, 0.3) is 11.8 Å². The number of nitrogens with one attached hydrogen (secondary N) is 2. The van der Waals surface area contributed by atoms with Crippen LogP contribution in [0.3, 0.4) is 0 Å². The molecule has 1 saturated heterocycles. The van der Waals surface area contributed by atoms with E-state index in [0.717, 1.165) is 5.52 Å². The number of amides is 2. The monoisotopic (exact) mass is 453 g/mol. The number of H-pyrrole nitrogens is 1. The molecule has 10 heteroatoms. The molecule has 172 valence electrons. The fourth-order valence-electron chi connectivity index (χ4n) is 3.71. The van der Waals surface area contributed by atoms with Crippen molar-refractivity contribution in [3.8, 4) is 0 Å². The number of aromatic nitrogens is 2. The van der Waals surface area contributed by atoms with Crippen molar-refractivity contribution in [2.24, 2.45) is 0 Å². The summed E-state index contributed by atoms with van der Waals surface area (Å²) >= 11 is 0. The standard InChI is InChI=1S/C23H24FN5O4/c24-17-6-2-4-8-19(17)28-11-13-29(14-12-28)20(30)15-33-21(31)9-10-25-23(32)22-16-5-1-3-7-18(16)26-27-22/h1-8H,9-15H2,(H,25,32)(H,26,27). The van der Waals surface area contributed by atoms with Gasteiger partial charge in [0.15, 0.2) is 12.3 Å². The third-order valence-electron chi connectivity index (χ3n) is 5.48. The second-order valence-electron chi connectivity index (χ2n) is 7.60. The first-order chi connectivity index (χ1) is 16.0. The molecule has 2 N–H and O–H groups in total. The van der Waals surface area contributed by atoms with Gasteiger partial charge in [-0.05, 0) is 18.2 Å². The van der Waals surface area contributed by atoms with Gasteiger partial charge in [0.05, 0.1) is 17.6 Å². The zero-order valence-corrected chi connectivity index (χ0v) is 17.9. The van der Waals surface area contributed by atoms with Crippen LogP contribution in [0.5, 0.6) is 0 Å². The molecule has 1 aliphatic rings. The molecule has 0 spiro atoms. The van der Waals surface area contributed by atoms with Crippen LogP contribution in [0.1, 0.15) is 16.9 Å². The number of carbonyl (C=O) groups is 3. The Labute approximate surface area is 189 Å². The molecule has 9 nitrogen and oxygen atoms in total. The number of hydrogen-bond donors (Lipinski definition) is 2. The third-order valence-corrected chi connectivity index (χ3v) is 5.48. The second kappa shape index (κ2) is 10.1. The smallest absolute Gasteiger partial charge is 0.308 e. The molecule has 3 aromatic rings. The molecule has 0 bridgehead atoms. The molecule has 33 heavy (non-hydrogen) atoms. The molecule has 2 aromatic carbocycles. The number of ether oxygens (including phenoxy) is 1. The van der Waals surface area contributed by atoms with Crippen LogP contribution in [0.25, 0.3) is 10.9 Å². The third kappa shape index (κ3) is 5.28. The topological polar surface area (TPSA) is 108 Å². The van der Waals surface area contributed by atoms with Gasteiger partial charge in [-0.3, -0.25) is 19.5 Å². The molecule has 2 amide bonds. The second-order valence-corrected chi connectivity index (χ2v) is 7.60. The van der Waals surface area contributed by atoms with Crippen LogP contribution in [-0.4, -0.2) is 72.2 Å². The lowest BCUT2D eigenvalue weighted by Crippen LogP contribution is -2.50. The van der Waals surface area contributed by atoms with Gasteiger partial charge in [-0.2, -0.15) is 5.10 Å². The number of carbonyl (C=O) groups excluding carboxylic acids is 3. The number of anilines is 1. The molecule has 0 aliphatic carbocycles. The summed E-state index contributed by atoms with van der Waals surface area (Å²) in [7, 11) is 0. The number of aromatic amines is 1. The van der Waals surface area contributed by atoms with E-state index in [1.807, 2.05) is 23.1 Å². The van der Waals surface area contributed by atoms with Gasteiger partial charge < -0.3 is 19.9 Å². The van der Waals surface area contributed by atoms with Gasteiger partial charge in [0, 0.05) is 38.1 Å². The Morgan fingerprint density at radius 2 is 1.76 bits per heavy atom. The Morgan fingerprint density at radius 1 is 1.03 bits per heavy atom. The van der Waals surface area contributed by atoms with Crippen LogP contribution in [0.15, 0.2) is 48.5 Å². The summed E-state index contributed by atoms with van der Waals surface area (Å²) in [6, 6.07) is 13.8. The first-order valence-electron chi connectivity index (χ1n) is 10.7. The molecule has 0 atom stereocenters. The molecular formula is C23H24FN5O4. The maximum Gasteiger partial charge on any atom is 0.308 e. The quantitative estimate of drug-likeness (QED) is 0.528. The summed E-state index contributed by atoms with van der Waals surface area (Å²) in [5.74, 6) is -1.58. The highest BCUT2D eigenvalue weighted by molar-refractivity contribution is 6.04. The van der Waals surface area contributed by atoms with Gasteiger partial charge in [-0.15, -0.1) is 0 Å².